The predicted molar refractivity (Wildman–Crippen MR) is 93.0 cm³/mol. The Bertz CT molecular complexity index is 833. The second-order valence-corrected chi connectivity index (χ2v) is 8.13. The van der Waals surface area contributed by atoms with Crippen molar-refractivity contribution in [1.82, 2.24) is 9.97 Å². The van der Waals surface area contributed by atoms with Gasteiger partial charge in [0, 0.05) is 11.4 Å². The molecule has 7 nitrogen and oxygen atoms in total. The first-order valence-electron chi connectivity index (χ1n) is 7.43. The van der Waals surface area contributed by atoms with E-state index in [9.17, 15) is 8.42 Å². The summed E-state index contributed by atoms with van der Waals surface area (Å²) in [5, 5.41) is 8.24. The van der Waals surface area contributed by atoms with Crippen molar-refractivity contribution < 1.29 is 8.42 Å². The molecule has 0 aliphatic carbocycles. The predicted octanol–water partition coefficient (Wildman–Crippen LogP) is 3.78. The van der Waals surface area contributed by atoms with Gasteiger partial charge in [-0.3, -0.25) is 0 Å². The molecule has 1 aromatic heterocycles. The van der Waals surface area contributed by atoms with Crippen LogP contribution in [0.4, 0.5) is 11.6 Å². The van der Waals surface area contributed by atoms with Crippen molar-refractivity contribution in [3.63, 3.8) is 0 Å². The van der Waals surface area contributed by atoms with Gasteiger partial charge in [-0.1, -0.05) is 0 Å². The van der Waals surface area contributed by atoms with Crippen LogP contribution in [-0.4, -0.2) is 23.9 Å². The van der Waals surface area contributed by atoms with Crippen LogP contribution in [0.3, 0.4) is 0 Å². The van der Waals surface area contributed by atoms with E-state index in [-0.39, 0.29) is 16.4 Å². The highest BCUT2D eigenvalue weighted by Crippen LogP contribution is 2.20. The molecule has 2 aromatic rings. The molecule has 0 amide bonds. The van der Waals surface area contributed by atoms with Crippen LogP contribution in [0.25, 0.3) is 0 Å². The zero-order chi connectivity index (χ0) is 18.0. The van der Waals surface area contributed by atoms with E-state index in [1.165, 1.54) is 12.1 Å². The minimum Gasteiger partial charge on any atom is -0.247 e. The quantitative estimate of drug-likeness (QED) is 0.851. The number of hydrogen-bond donors (Lipinski definition) is 1. The van der Waals surface area contributed by atoms with Crippen molar-refractivity contribution in [2.45, 2.75) is 45.1 Å². The average molecular weight is 347 g/mol. The third-order valence-electron chi connectivity index (χ3n) is 2.82. The first kappa shape index (κ1) is 18.0. The molecule has 2 rings (SSSR count). The van der Waals surface area contributed by atoms with Gasteiger partial charge in [0.2, 0.25) is 5.95 Å². The molecular weight excluding hydrogens is 326 g/mol. The second-order valence-electron chi connectivity index (χ2n) is 6.44. The number of benzene rings is 1. The summed E-state index contributed by atoms with van der Waals surface area (Å²) < 4.78 is 27.2. The minimum absolute atomic E-state index is 0.0593. The fourth-order valence-corrected chi connectivity index (χ4v) is 2.79. The van der Waals surface area contributed by atoms with Crippen LogP contribution in [-0.2, 0) is 10.0 Å². The second kappa shape index (κ2) is 6.64. The first-order chi connectivity index (χ1) is 11.0. The topological polar surface area (TPSA) is 96.7 Å². The lowest BCUT2D eigenvalue weighted by Crippen LogP contribution is -2.15. The molecule has 0 atom stereocenters. The molecule has 0 saturated heterocycles. The number of hydrogen-bond acceptors (Lipinski definition) is 6. The molecule has 0 aliphatic heterocycles. The number of rotatable bonds is 4. The molecule has 0 spiro atoms. The Balaban J connectivity index is 2.22. The molecule has 0 saturated carbocycles. The molecule has 1 N–H and O–H groups in total. The van der Waals surface area contributed by atoms with Gasteiger partial charge >= 0.3 is 0 Å². The van der Waals surface area contributed by atoms with Crippen LogP contribution in [0.1, 0.15) is 32.2 Å². The van der Waals surface area contributed by atoms with Crippen molar-refractivity contribution in [3.8, 4) is 0 Å². The Morgan fingerprint density at radius 1 is 1.00 bits per heavy atom. The van der Waals surface area contributed by atoms with Gasteiger partial charge in [0.05, 0.1) is 16.1 Å². The summed E-state index contributed by atoms with van der Waals surface area (Å²) in [4.78, 5) is 8.28. The van der Waals surface area contributed by atoms with E-state index in [0.29, 0.717) is 17.1 Å². The molecule has 1 heterocycles. The van der Waals surface area contributed by atoms with Crippen LogP contribution < -0.4 is 4.72 Å². The number of anilines is 1. The maximum absolute atomic E-state index is 12.4. The standard InChI is InChI=1S/C16H21N5O2S/c1-11-10-12(2)18-15(17-11)20-24(22,23)14-8-6-13(7-9-14)19-21-16(3,4)5/h6-10H,1-5H3,(H,17,18,20)/b21-19+. The zero-order valence-corrected chi connectivity index (χ0v) is 15.2. The Labute approximate surface area is 142 Å². The van der Waals surface area contributed by atoms with Crippen LogP contribution in [0.15, 0.2) is 45.5 Å². The highest BCUT2D eigenvalue weighted by atomic mass is 32.2. The van der Waals surface area contributed by atoms with Crippen molar-refractivity contribution >= 4 is 21.7 Å². The number of sulfonamides is 1. The van der Waals surface area contributed by atoms with Gasteiger partial charge in [-0.15, -0.1) is 0 Å². The van der Waals surface area contributed by atoms with E-state index in [1.807, 2.05) is 20.8 Å². The van der Waals surface area contributed by atoms with Gasteiger partial charge in [0.15, 0.2) is 0 Å². The summed E-state index contributed by atoms with van der Waals surface area (Å²) in [5.41, 5.74) is 1.69. The Hall–Kier alpha value is -2.35. The van der Waals surface area contributed by atoms with E-state index >= 15 is 0 Å². The Kier molecular flexibility index (Phi) is 4.98. The van der Waals surface area contributed by atoms with E-state index in [2.05, 4.69) is 24.9 Å². The zero-order valence-electron chi connectivity index (χ0n) is 14.4. The summed E-state index contributed by atoms with van der Waals surface area (Å²) in [6.07, 6.45) is 0. The van der Waals surface area contributed by atoms with Gasteiger partial charge in [-0.25, -0.2) is 23.1 Å². The maximum Gasteiger partial charge on any atom is 0.264 e. The number of aromatic nitrogens is 2. The van der Waals surface area contributed by atoms with E-state index in [4.69, 9.17) is 0 Å². The third-order valence-corrected chi connectivity index (χ3v) is 4.16. The van der Waals surface area contributed by atoms with Crippen LogP contribution >= 0.6 is 0 Å². The Morgan fingerprint density at radius 3 is 2.04 bits per heavy atom. The van der Waals surface area contributed by atoms with Crippen molar-refractivity contribution in [2.75, 3.05) is 4.72 Å². The number of nitrogens with one attached hydrogen (secondary N) is 1. The van der Waals surface area contributed by atoms with E-state index in [0.717, 1.165) is 0 Å². The molecule has 128 valence electrons. The Morgan fingerprint density at radius 2 is 1.54 bits per heavy atom. The van der Waals surface area contributed by atoms with Crippen molar-refractivity contribution in [3.05, 3.63) is 41.7 Å². The van der Waals surface area contributed by atoms with E-state index < -0.39 is 10.0 Å². The lowest BCUT2D eigenvalue weighted by atomic mass is 10.1. The molecule has 8 heteroatoms. The third kappa shape index (κ3) is 5.09. The largest absolute Gasteiger partial charge is 0.264 e. The molecule has 0 fully saturated rings. The summed E-state index contributed by atoms with van der Waals surface area (Å²) in [7, 11) is -3.75. The summed E-state index contributed by atoms with van der Waals surface area (Å²) in [6.45, 7) is 9.36. The lowest BCUT2D eigenvalue weighted by molar-refractivity contribution is 0.552. The van der Waals surface area contributed by atoms with Gasteiger partial charge in [0.25, 0.3) is 10.0 Å². The highest BCUT2D eigenvalue weighted by Gasteiger charge is 2.16. The average Bonchev–Trinajstić information content (AvgIpc) is 2.43. The first-order valence-corrected chi connectivity index (χ1v) is 8.92. The van der Waals surface area contributed by atoms with Crippen LogP contribution in [0.2, 0.25) is 0 Å². The summed E-state index contributed by atoms with van der Waals surface area (Å²) in [6, 6.07) is 7.93. The molecule has 24 heavy (non-hydrogen) atoms. The molecule has 0 unspecified atom stereocenters. The fraction of sp³-hybridized carbons (Fsp3) is 0.375. The van der Waals surface area contributed by atoms with Gasteiger partial charge in [-0.05, 0) is 65.0 Å². The highest BCUT2D eigenvalue weighted by molar-refractivity contribution is 7.92. The van der Waals surface area contributed by atoms with E-state index in [1.54, 1.807) is 32.0 Å². The molecular formula is C16H21N5O2S. The number of aryl methyl sites for hydroxylation is 2. The molecule has 0 radical (unpaired) electrons. The molecule has 0 aliphatic rings. The molecule has 1 aromatic carbocycles. The maximum atomic E-state index is 12.4. The lowest BCUT2D eigenvalue weighted by Gasteiger charge is -2.09. The normalized spacial score (nSPS) is 12.5. The monoisotopic (exact) mass is 347 g/mol. The number of nitrogens with zero attached hydrogens (tertiary/aromatic N) is 4. The van der Waals surface area contributed by atoms with Gasteiger partial charge in [0.1, 0.15) is 0 Å². The summed E-state index contributed by atoms with van der Waals surface area (Å²) in [5.74, 6) is 0.0593. The van der Waals surface area contributed by atoms with Gasteiger partial charge in [-0.2, -0.15) is 10.2 Å². The van der Waals surface area contributed by atoms with Crippen molar-refractivity contribution in [2.24, 2.45) is 10.2 Å². The van der Waals surface area contributed by atoms with Crippen LogP contribution in [0.5, 0.6) is 0 Å². The number of azo groups is 1. The smallest absolute Gasteiger partial charge is 0.247 e. The molecule has 0 bridgehead atoms. The minimum atomic E-state index is -3.75. The fourth-order valence-electron chi connectivity index (χ4n) is 1.85. The van der Waals surface area contributed by atoms with Crippen LogP contribution in [0, 0.1) is 13.8 Å². The van der Waals surface area contributed by atoms with Crippen molar-refractivity contribution in [1.29, 1.82) is 0 Å². The van der Waals surface area contributed by atoms with Gasteiger partial charge < -0.3 is 0 Å². The SMILES string of the molecule is Cc1cc(C)nc(NS(=O)(=O)c2ccc(/N=N/C(C)(C)C)cc2)n1. The summed E-state index contributed by atoms with van der Waals surface area (Å²) >= 11 is 0.